The van der Waals surface area contributed by atoms with Gasteiger partial charge in [0.15, 0.2) is 0 Å². The lowest BCUT2D eigenvalue weighted by Crippen LogP contribution is -2.43. The molecule has 92 valence electrons. The summed E-state index contributed by atoms with van der Waals surface area (Å²) in [5.74, 6) is -0.121. The van der Waals surface area contributed by atoms with Gasteiger partial charge in [0.25, 0.3) is 0 Å². The molecule has 0 bridgehead atoms. The molecule has 0 fully saturated rings. The molecule has 0 aromatic carbocycles. The van der Waals surface area contributed by atoms with Crippen molar-refractivity contribution >= 4 is 17.2 Å². The normalized spacial score (nSPS) is 12.9. The molecule has 0 saturated heterocycles. The Morgan fingerprint density at radius 1 is 1.65 bits per heavy atom. The molecule has 3 nitrogen and oxygen atoms in total. The summed E-state index contributed by atoms with van der Waals surface area (Å²) in [5.41, 5.74) is -0.946. The lowest BCUT2D eigenvalue weighted by Gasteiger charge is -2.29. The van der Waals surface area contributed by atoms with Crippen molar-refractivity contribution in [3.05, 3.63) is 22.4 Å². The fourth-order valence-corrected chi connectivity index (χ4v) is 2.37. The van der Waals surface area contributed by atoms with Crippen LogP contribution < -0.4 is 0 Å². The summed E-state index contributed by atoms with van der Waals surface area (Å²) in [7, 11) is 1.76. The summed E-state index contributed by atoms with van der Waals surface area (Å²) in [5, 5.41) is 11.0. The lowest BCUT2D eigenvalue weighted by molar-refractivity contribution is -0.138. The standard InChI is InChI=1S/C13H18N2OS/c1-10(8-11-6-5-7-17-11)15(4)12(16)13(2,3)9-14/h5-7,10H,8H2,1-4H3. The van der Waals surface area contributed by atoms with E-state index in [1.54, 1.807) is 37.1 Å². The summed E-state index contributed by atoms with van der Waals surface area (Å²) >= 11 is 1.69. The molecule has 0 spiro atoms. The molecule has 1 aromatic heterocycles. The summed E-state index contributed by atoms with van der Waals surface area (Å²) in [6.07, 6.45) is 0.835. The first-order valence-corrected chi connectivity index (χ1v) is 6.47. The fraction of sp³-hybridized carbons (Fsp3) is 0.538. The second kappa shape index (κ2) is 5.33. The first kappa shape index (κ1) is 13.7. The van der Waals surface area contributed by atoms with Crippen LogP contribution in [0.4, 0.5) is 0 Å². The minimum absolute atomic E-state index is 0.105. The quantitative estimate of drug-likeness (QED) is 0.824. The van der Waals surface area contributed by atoms with E-state index >= 15 is 0 Å². The first-order chi connectivity index (χ1) is 7.88. The molecule has 0 aliphatic heterocycles. The number of nitriles is 1. The molecule has 17 heavy (non-hydrogen) atoms. The molecular formula is C13H18N2OS. The Bertz CT molecular complexity index is 417. The van der Waals surface area contributed by atoms with E-state index in [1.165, 1.54) is 4.88 Å². The molecule has 1 aromatic rings. The van der Waals surface area contributed by atoms with Crippen LogP contribution in [0.15, 0.2) is 17.5 Å². The number of rotatable bonds is 4. The van der Waals surface area contributed by atoms with Gasteiger partial charge in [-0.2, -0.15) is 5.26 Å². The molecule has 0 aliphatic rings. The number of hydrogen-bond acceptors (Lipinski definition) is 3. The number of nitrogens with zero attached hydrogens (tertiary/aromatic N) is 2. The molecule has 1 rings (SSSR count). The van der Waals surface area contributed by atoms with E-state index in [4.69, 9.17) is 5.26 Å². The Labute approximate surface area is 107 Å². The highest BCUT2D eigenvalue weighted by molar-refractivity contribution is 7.09. The highest BCUT2D eigenvalue weighted by Gasteiger charge is 2.32. The Morgan fingerprint density at radius 3 is 2.76 bits per heavy atom. The Balaban J connectivity index is 2.67. The van der Waals surface area contributed by atoms with Gasteiger partial charge in [-0.15, -0.1) is 11.3 Å². The van der Waals surface area contributed by atoms with E-state index in [9.17, 15) is 4.79 Å². The van der Waals surface area contributed by atoms with Crippen LogP contribution in [-0.2, 0) is 11.2 Å². The minimum Gasteiger partial charge on any atom is -0.341 e. The third-order valence-corrected chi connectivity index (χ3v) is 3.77. The molecule has 0 N–H and O–H groups in total. The zero-order chi connectivity index (χ0) is 13.1. The van der Waals surface area contributed by atoms with Crippen molar-refractivity contribution in [3.8, 4) is 6.07 Å². The van der Waals surface area contributed by atoms with Crippen molar-refractivity contribution in [2.45, 2.75) is 33.2 Å². The van der Waals surface area contributed by atoms with Crippen molar-refractivity contribution < 1.29 is 4.79 Å². The van der Waals surface area contributed by atoms with Crippen molar-refractivity contribution in [2.24, 2.45) is 5.41 Å². The van der Waals surface area contributed by atoms with Crippen LogP contribution in [0, 0.1) is 16.7 Å². The topological polar surface area (TPSA) is 44.1 Å². The molecule has 0 radical (unpaired) electrons. The first-order valence-electron chi connectivity index (χ1n) is 5.59. The van der Waals surface area contributed by atoms with Crippen LogP contribution in [0.3, 0.4) is 0 Å². The third kappa shape index (κ3) is 3.31. The maximum Gasteiger partial charge on any atom is 0.242 e. The number of carbonyl (C=O) groups excluding carboxylic acids is 1. The van der Waals surface area contributed by atoms with E-state index in [0.29, 0.717) is 0 Å². The van der Waals surface area contributed by atoms with E-state index in [1.807, 2.05) is 24.4 Å². The molecular weight excluding hydrogens is 232 g/mol. The van der Waals surface area contributed by atoms with Gasteiger partial charge in [-0.3, -0.25) is 4.79 Å². The van der Waals surface area contributed by atoms with E-state index < -0.39 is 5.41 Å². The summed E-state index contributed by atoms with van der Waals surface area (Å²) in [6, 6.07) is 6.22. The predicted molar refractivity (Wildman–Crippen MR) is 69.6 cm³/mol. The number of carbonyl (C=O) groups is 1. The summed E-state index contributed by atoms with van der Waals surface area (Å²) in [6.45, 7) is 5.32. The van der Waals surface area contributed by atoms with Gasteiger partial charge in [0.1, 0.15) is 5.41 Å². The zero-order valence-electron chi connectivity index (χ0n) is 10.7. The van der Waals surface area contributed by atoms with Gasteiger partial charge in [-0.05, 0) is 32.2 Å². The molecule has 1 atom stereocenters. The van der Waals surface area contributed by atoms with Crippen molar-refractivity contribution in [1.82, 2.24) is 4.90 Å². The van der Waals surface area contributed by atoms with Gasteiger partial charge < -0.3 is 4.90 Å². The van der Waals surface area contributed by atoms with Crippen LogP contribution in [0.1, 0.15) is 25.6 Å². The third-order valence-electron chi connectivity index (χ3n) is 2.87. The van der Waals surface area contributed by atoms with Gasteiger partial charge in [0.2, 0.25) is 5.91 Å². The van der Waals surface area contributed by atoms with Crippen LogP contribution in [-0.4, -0.2) is 23.9 Å². The summed E-state index contributed by atoms with van der Waals surface area (Å²) in [4.78, 5) is 15.0. The molecule has 1 heterocycles. The zero-order valence-corrected chi connectivity index (χ0v) is 11.5. The molecule has 0 aliphatic carbocycles. The van der Waals surface area contributed by atoms with Gasteiger partial charge in [-0.1, -0.05) is 6.07 Å². The molecule has 0 saturated carbocycles. The van der Waals surface area contributed by atoms with E-state index in [-0.39, 0.29) is 11.9 Å². The van der Waals surface area contributed by atoms with Crippen molar-refractivity contribution in [3.63, 3.8) is 0 Å². The predicted octanol–water partition coefficient (Wildman–Crippen LogP) is 2.69. The van der Waals surface area contributed by atoms with Crippen LogP contribution in [0.5, 0.6) is 0 Å². The highest BCUT2D eigenvalue weighted by Crippen LogP contribution is 2.20. The lowest BCUT2D eigenvalue weighted by atomic mass is 9.93. The van der Waals surface area contributed by atoms with Crippen LogP contribution in [0.2, 0.25) is 0 Å². The van der Waals surface area contributed by atoms with Gasteiger partial charge in [0, 0.05) is 24.4 Å². The largest absolute Gasteiger partial charge is 0.341 e. The minimum atomic E-state index is -0.946. The van der Waals surface area contributed by atoms with Crippen molar-refractivity contribution in [1.29, 1.82) is 5.26 Å². The van der Waals surface area contributed by atoms with Crippen molar-refractivity contribution in [2.75, 3.05) is 7.05 Å². The van der Waals surface area contributed by atoms with E-state index in [0.717, 1.165) is 6.42 Å². The SMILES string of the molecule is CC(Cc1cccs1)N(C)C(=O)C(C)(C)C#N. The maximum absolute atomic E-state index is 12.1. The Hall–Kier alpha value is -1.34. The average Bonchev–Trinajstić information content (AvgIpc) is 2.79. The Morgan fingerprint density at radius 2 is 2.29 bits per heavy atom. The number of hydrogen-bond donors (Lipinski definition) is 0. The smallest absolute Gasteiger partial charge is 0.242 e. The Kier molecular flexibility index (Phi) is 4.30. The molecule has 4 heteroatoms. The second-order valence-corrected chi connectivity index (χ2v) is 5.82. The number of likely N-dealkylation sites (N-methyl/N-ethyl adjacent to an activating group) is 1. The number of thiophene rings is 1. The summed E-state index contributed by atoms with van der Waals surface area (Å²) < 4.78 is 0. The fourth-order valence-electron chi connectivity index (χ4n) is 1.55. The van der Waals surface area contributed by atoms with E-state index in [2.05, 4.69) is 6.07 Å². The number of amides is 1. The van der Waals surface area contributed by atoms with Crippen LogP contribution in [0.25, 0.3) is 0 Å². The van der Waals surface area contributed by atoms with Gasteiger partial charge >= 0.3 is 0 Å². The molecule has 1 amide bonds. The molecule has 1 unspecified atom stereocenters. The maximum atomic E-state index is 12.1. The second-order valence-electron chi connectivity index (χ2n) is 4.79. The monoisotopic (exact) mass is 250 g/mol. The van der Waals surface area contributed by atoms with Crippen LogP contribution >= 0.6 is 11.3 Å². The highest BCUT2D eigenvalue weighted by atomic mass is 32.1. The van der Waals surface area contributed by atoms with Gasteiger partial charge in [0.05, 0.1) is 6.07 Å². The van der Waals surface area contributed by atoms with Gasteiger partial charge in [-0.25, -0.2) is 0 Å². The average molecular weight is 250 g/mol.